The van der Waals surface area contributed by atoms with Gasteiger partial charge in [-0.15, -0.1) is 0 Å². The maximum Gasteiger partial charge on any atom is 0.410 e. The minimum absolute atomic E-state index is 0.0680. The minimum Gasteiger partial charge on any atom is -0.440 e. The summed E-state index contributed by atoms with van der Waals surface area (Å²) < 4.78 is 19.6. The lowest BCUT2D eigenvalue weighted by Crippen LogP contribution is -2.64. The molecule has 33 heavy (non-hydrogen) atoms. The zero-order valence-corrected chi connectivity index (χ0v) is 19.4. The molecule has 1 N–H and O–H groups in total. The number of amides is 3. The maximum absolute atomic E-state index is 13.2. The lowest BCUT2D eigenvalue weighted by molar-refractivity contribution is -0.0958. The number of hydrogen-bond acceptors (Lipinski definition) is 3. The van der Waals surface area contributed by atoms with Crippen LogP contribution in [0.2, 0.25) is 0 Å². The van der Waals surface area contributed by atoms with E-state index in [2.05, 4.69) is 5.32 Å². The van der Waals surface area contributed by atoms with Gasteiger partial charge in [0.15, 0.2) is 0 Å². The van der Waals surface area contributed by atoms with E-state index in [0.29, 0.717) is 38.0 Å². The Balaban J connectivity index is 1.34. The fourth-order valence-electron chi connectivity index (χ4n) is 6.89. The molecular weight excluding hydrogens is 421 g/mol. The van der Waals surface area contributed by atoms with Gasteiger partial charge in [-0.3, -0.25) is 4.90 Å². The molecule has 0 radical (unpaired) electrons. The summed E-state index contributed by atoms with van der Waals surface area (Å²) in [5.41, 5.74) is 0.398. The van der Waals surface area contributed by atoms with Gasteiger partial charge in [-0.1, -0.05) is 50.7 Å². The molecule has 2 aliphatic carbocycles. The van der Waals surface area contributed by atoms with Crippen LogP contribution in [0.3, 0.4) is 0 Å². The standard InChI is InChI=1S/C26H36FN3O3/c27-22-13-11-19(12-14-22)17-28-24(31)29-15-16-30-23(18-29)26(33-25(30)32,20-7-3-1-4-8-20)21-9-5-2-6-10-21/h11-14,20-21,23H,1-10,15-18H2,(H,28,31). The Morgan fingerprint density at radius 2 is 1.58 bits per heavy atom. The molecule has 2 saturated heterocycles. The van der Waals surface area contributed by atoms with E-state index in [1.165, 1.54) is 50.7 Å². The molecular formula is C26H36FN3O3. The number of benzene rings is 1. The highest BCUT2D eigenvalue weighted by molar-refractivity contribution is 5.76. The van der Waals surface area contributed by atoms with Crippen molar-refractivity contribution in [2.24, 2.45) is 11.8 Å². The fourth-order valence-corrected chi connectivity index (χ4v) is 6.89. The molecule has 4 fully saturated rings. The third-order valence-electron chi connectivity index (χ3n) is 8.53. The minimum atomic E-state index is -0.464. The highest BCUT2D eigenvalue weighted by Gasteiger charge is 2.62. The summed E-state index contributed by atoms with van der Waals surface area (Å²) in [6, 6.07) is 6.00. The molecule has 1 atom stereocenters. The monoisotopic (exact) mass is 457 g/mol. The molecule has 1 aromatic carbocycles. The van der Waals surface area contributed by atoms with Crippen LogP contribution in [0.1, 0.15) is 69.8 Å². The van der Waals surface area contributed by atoms with Gasteiger partial charge in [0, 0.05) is 38.0 Å². The summed E-state index contributed by atoms with van der Waals surface area (Å²) in [4.78, 5) is 29.9. The molecule has 0 spiro atoms. The van der Waals surface area contributed by atoms with Crippen molar-refractivity contribution in [3.63, 3.8) is 0 Å². The molecule has 2 heterocycles. The van der Waals surface area contributed by atoms with E-state index in [9.17, 15) is 14.0 Å². The van der Waals surface area contributed by atoms with Crippen molar-refractivity contribution in [3.8, 4) is 0 Å². The summed E-state index contributed by atoms with van der Waals surface area (Å²) >= 11 is 0. The number of nitrogens with zero attached hydrogens (tertiary/aromatic N) is 2. The van der Waals surface area contributed by atoms with E-state index in [0.717, 1.165) is 31.2 Å². The topological polar surface area (TPSA) is 61.9 Å². The van der Waals surface area contributed by atoms with Gasteiger partial charge >= 0.3 is 12.1 Å². The average molecular weight is 458 g/mol. The smallest absolute Gasteiger partial charge is 0.410 e. The Morgan fingerprint density at radius 3 is 2.18 bits per heavy atom. The zero-order valence-electron chi connectivity index (χ0n) is 19.4. The molecule has 7 heteroatoms. The Morgan fingerprint density at radius 1 is 0.970 bits per heavy atom. The average Bonchev–Trinajstić information content (AvgIpc) is 3.17. The van der Waals surface area contributed by atoms with Crippen molar-refractivity contribution >= 4 is 12.1 Å². The van der Waals surface area contributed by atoms with Crippen molar-refractivity contribution in [1.29, 1.82) is 0 Å². The molecule has 3 amide bonds. The highest BCUT2D eigenvalue weighted by Crippen LogP contribution is 2.52. The number of fused-ring (bicyclic) bond motifs is 1. The predicted molar refractivity (Wildman–Crippen MR) is 123 cm³/mol. The van der Waals surface area contributed by atoms with Gasteiger partial charge in [-0.25, -0.2) is 14.0 Å². The van der Waals surface area contributed by atoms with Crippen LogP contribution in [-0.4, -0.2) is 53.2 Å². The van der Waals surface area contributed by atoms with Crippen LogP contribution in [-0.2, 0) is 11.3 Å². The van der Waals surface area contributed by atoms with Gasteiger partial charge in [0.05, 0.1) is 6.04 Å². The van der Waals surface area contributed by atoms with Crippen LogP contribution in [0.5, 0.6) is 0 Å². The van der Waals surface area contributed by atoms with Crippen molar-refractivity contribution in [2.75, 3.05) is 19.6 Å². The van der Waals surface area contributed by atoms with Crippen LogP contribution in [0, 0.1) is 17.7 Å². The van der Waals surface area contributed by atoms with Crippen molar-refractivity contribution < 1.29 is 18.7 Å². The third-order valence-corrected chi connectivity index (χ3v) is 8.53. The lowest BCUT2D eigenvalue weighted by Gasteiger charge is -2.50. The Kier molecular flexibility index (Phi) is 6.48. The number of halogens is 1. The van der Waals surface area contributed by atoms with Crippen LogP contribution < -0.4 is 5.32 Å². The summed E-state index contributed by atoms with van der Waals surface area (Å²) in [5.74, 6) is 0.486. The first-order valence-corrected chi connectivity index (χ1v) is 12.8. The second-order valence-electron chi connectivity index (χ2n) is 10.3. The largest absolute Gasteiger partial charge is 0.440 e. The molecule has 4 aliphatic rings. The van der Waals surface area contributed by atoms with E-state index in [1.807, 2.05) is 9.80 Å². The molecule has 2 aliphatic heterocycles. The molecule has 6 nitrogen and oxygen atoms in total. The number of piperazine rings is 1. The SMILES string of the molecule is O=C(NCc1ccc(F)cc1)N1CCN2C(=O)OC(C3CCCCC3)(C3CCCCC3)C2C1. The number of hydrogen-bond donors (Lipinski definition) is 1. The Hall–Kier alpha value is -2.31. The summed E-state index contributed by atoms with van der Waals surface area (Å²) in [6.45, 7) is 1.91. The highest BCUT2D eigenvalue weighted by atomic mass is 19.1. The van der Waals surface area contributed by atoms with Crippen LogP contribution in [0.25, 0.3) is 0 Å². The van der Waals surface area contributed by atoms with Gasteiger partial charge in [-0.05, 0) is 43.4 Å². The van der Waals surface area contributed by atoms with Gasteiger partial charge in [0.25, 0.3) is 0 Å². The summed E-state index contributed by atoms with van der Waals surface area (Å²) in [7, 11) is 0. The first-order valence-electron chi connectivity index (χ1n) is 12.8. The fraction of sp³-hybridized carbons (Fsp3) is 0.692. The molecule has 180 valence electrons. The van der Waals surface area contributed by atoms with Crippen LogP contribution >= 0.6 is 0 Å². The molecule has 1 unspecified atom stereocenters. The Labute approximate surface area is 195 Å². The second kappa shape index (κ2) is 9.51. The molecule has 1 aromatic rings. The van der Waals surface area contributed by atoms with Crippen molar-refractivity contribution in [1.82, 2.24) is 15.1 Å². The number of carbonyl (C=O) groups excluding carboxylic acids is 2. The molecule has 0 bridgehead atoms. The second-order valence-corrected chi connectivity index (χ2v) is 10.3. The molecule has 0 aromatic heterocycles. The van der Waals surface area contributed by atoms with Gasteiger partial charge in [-0.2, -0.15) is 0 Å². The summed E-state index contributed by atoms with van der Waals surface area (Å²) in [5, 5.41) is 2.99. The predicted octanol–water partition coefficient (Wildman–Crippen LogP) is 5.07. The molecule has 5 rings (SSSR count). The maximum atomic E-state index is 13.2. The quantitative estimate of drug-likeness (QED) is 0.687. The first-order chi connectivity index (χ1) is 16.1. The van der Waals surface area contributed by atoms with Crippen LogP contribution in [0.4, 0.5) is 14.0 Å². The number of urea groups is 1. The molecule has 2 saturated carbocycles. The van der Waals surface area contributed by atoms with E-state index in [-0.39, 0.29) is 24.0 Å². The number of nitrogens with one attached hydrogen (secondary N) is 1. The van der Waals surface area contributed by atoms with E-state index < -0.39 is 5.60 Å². The number of rotatable bonds is 4. The van der Waals surface area contributed by atoms with Crippen molar-refractivity contribution in [2.45, 2.75) is 82.4 Å². The summed E-state index contributed by atoms with van der Waals surface area (Å²) in [6.07, 6.45) is 11.6. The van der Waals surface area contributed by atoms with Gasteiger partial charge in [0.2, 0.25) is 0 Å². The number of ether oxygens (including phenoxy) is 1. The first kappa shape index (κ1) is 22.5. The van der Waals surface area contributed by atoms with E-state index in [1.54, 1.807) is 12.1 Å². The van der Waals surface area contributed by atoms with Crippen LogP contribution in [0.15, 0.2) is 24.3 Å². The number of carbonyl (C=O) groups is 2. The lowest BCUT2D eigenvalue weighted by atomic mass is 9.63. The van der Waals surface area contributed by atoms with E-state index in [4.69, 9.17) is 4.74 Å². The number of cyclic esters (lactones) is 1. The third kappa shape index (κ3) is 4.31. The normalized spacial score (nSPS) is 26.1. The van der Waals surface area contributed by atoms with Gasteiger partial charge in [0.1, 0.15) is 11.4 Å². The van der Waals surface area contributed by atoms with E-state index >= 15 is 0 Å². The van der Waals surface area contributed by atoms with Crippen molar-refractivity contribution in [3.05, 3.63) is 35.6 Å². The zero-order chi connectivity index (χ0) is 22.8. The van der Waals surface area contributed by atoms with Gasteiger partial charge < -0.3 is 15.0 Å². The Bertz CT molecular complexity index is 831.